The first kappa shape index (κ1) is 22.2. The zero-order valence-corrected chi connectivity index (χ0v) is 19.4. The minimum absolute atomic E-state index is 0.0424. The summed E-state index contributed by atoms with van der Waals surface area (Å²) in [5.74, 6) is 0.853. The number of para-hydroxylation sites is 1. The van der Waals surface area contributed by atoms with Crippen LogP contribution >= 0.6 is 11.6 Å². The van der Waals surface area contributed by atoms with Gasteiger partial charge in [0.15, 0.2) is 0 Å². The molecule has 34 heavy (non-hydrogen) atoms. The van der Waals surface area contributed by atoms with Crippen LogP contribution in [0.3, 0.4) is 0 Å². The van der Waals surface area contributed by atoms with Gasteiger partial charge in [-0.25, -0.2) is 9.97 Å². The summed E-state index contributed by atoms with van der Waals surface area (Å²) in [6.07, 6.45) is 7.98. The third kappa shape index (κ3) is 4.99. The Morgan fingerprint density at radius 1 is 1.12 bits per heavy atom. The fraction of sp³-hybridized carbons (Fsp3) is 0.269. The van der Waals surface area contributed by atoms with Crippen molar-refractivity contribution in [2.24, 2.45) is 0 Å². The largest absolute Gasteiger partial charge is 0.369 e. The van der Waals surface area contributed by atoms with Gasteiger partial charge >= 0.3 is 0 Å². The lowest BCUT2D eigenvalue weighted by atomic mass is 10.1. The van der Waals surface area contributed by atoms with Gasteiger partial charge in [-0.3, -0.25) is 14.8 Å². The normalized spacial score (nSPS) is 15.6. The number of rotatable bonds is 7. The smallest absolute Gasteiger partial charge is 0.224 e. The minimum Gasteiger partial charge on any atom is -0.369 e. The van der Waals surface area contributed by atoms with Crippen LogP contribution < -0.4 is 5.32 Å². The van der Waals surface area contributed by atoms with E-state index in [1.807, 2.05) is 53.4 Å². The van der Waals surface area contributed by atoms with Crippen LogP contribution in [0.2, 0.25) is 5.02 Å². The summed E-state index contributed by atoms with van der Waals surface area (Å²) < 4.78 is 0. The van der Waals surface area contributed by atoms with Crippen LogP contribution in [0.15, 0.2) is 67.3 Å². The molecule has 0 radical (unpaired) electrons. The average molecular weight is 473 g/mol. The highest BCUT2D eigenvalue weighted by molar-refractivity contribution is 6.30. The van der Waals surface area contributed by atoms with Crippen molar-refractivity contribution < 1.29 is 4.79 Å². The number of likely N-dealkylation sites (tertiary alicyclic amines) is 1. The van der Waals surface area contributed by atoms with Crippen molar-refractivity contribution in [2.75, 3.05) is 18.4 Å². The van der Waals surface area contributed by atoms with Crippen LogP contribution in [0.25, 0.3) is 10.9 Å². The molecule has 1 fully saturated rings. The summed E-state index contributed by atoms with van der Waals surface area (Å²) >= 11 is 6.12. The molecule has 2 aromatic heterocycles. The van der Waals surface area contributed by atoms with E-state index in [4.69, 9.17) is 16.6 Å². The molecule has 1 saturated heterocycles. The molecule has 7 nitrogen and oxygen atoms in total. The first-order valence-corrected chi connectivity index (χ1v) is 11.8. The van der Waals surface area contributed by atoms with Crippen molar-refractivity contribution in [1.29, 1.82) is 0 Å². The van der Waals surface area contributed by atoms with E-state index in [2.05, 4.69) is 20.3 Å². The molecule has 1 atom stereocenters. The number of halogens is 1. The number of hydrogen-bond acceptors (Lipinski definition) is 6. The number of nitrogens with one attached hydrogen (secondary N) is 1. The monoisotopic (exact) mass is 472 g/mol. The highest BCUT2D eigenvalue weighted by Crippen LogP contribution is 2.31. The van der Waals surface area contributed by atoms with Crippen molar-refractivity contribution in [3.8, 4) is 0 Å². The van der Waals surface area contributed by atoms with Gasteiger partial charge in [-0.05, 0) is 42.7 Å². The number of nitrogens with zero attached hydrogens (tertiary/aromatic N) is 5. The quantitative estimate of drug-likeness (QED) is 0.414. The SMILES string of the molecule is O=C(CCNc1ncnc2ccccc12)N1CCCC1c1cncc(Cc2cccc(Cl)c2)n1. The molecule has 5 rings (SSSR count). The Balaban J connectivity index is 1.23. The zero-order chi connectivity index (χ0) is 23.3. The Kier molecular flexibility index (Phi) is 6.62. The van der Waals surface area contributed by atoms with E-state index in [9.17, 15) is 4.79 Å². The summed E-state index contributed by atoms with van der Waals surface area (Å²) in [7, 11) is 0. The number of benzene rings is 2. The van der Waals surface area contributed by atoms with E-state index >= 15 is 0 Å². The van der Waals surface area contributed by atoms with Gasteiger partial charge in [-0.1, -0.05) is 35.9 Å². The molecule has 0 bridgehead atoms. The number of hydrogen-bond donors (Lipinski definition) is 1. The van der Waals surface area contributed by atoms with Crippen molar-refractivity contribution in [3.63, 3.8) is 0 Å². The minimum atomic E-state index is -0.0424. The number of anilines is 1. The maximum atomic E-state index is 13.1. The Morgan fingerprint density at radius 3 is 2.94 bits per heavy atom. The van der Waals surface area contributed by atoms with Crippen LogP contribution in [0.4, 0.5) is 5.82 Å². The predicted molar refractivity (Wildman–Crippen MR) is 133 cm³/mol. The van der Waals surface area contributed by atoms with Crippen molar-refractivity contribution in [2.45, 2.75) is 31.7 Å². The van der Waals surface area contributed by atoms with Crippen LogP contribution in [0.1, 0.15) is 42.3 Å². The first-order valence-electron chi connectivity index (χ1n) is 11.5. The van der Waals surface area contributed by atoms with E-state index in [1.165, 1.54) is 6.33 Å². The topological polar surface area (TPSA) is 83.9 Å². The standard InChI is InChI=1S/C26H25ClN6O/c27-19-6-3-5-18(13-19)14-20-15-28-16-23(32-20)24-9-4-12-33(24)25(34)10-11-29-26-21-7-1-2-8-22(21)30-17-31-26/h1-3,5-8,13,15-17,24H,4,9-12,14H2,(H,29,30,31). The van der Waals surface area contributed by atoms with E-state index in [-0.39, 0.29) is 11.9 Å². The third-order valence-electron chi connectivity index (χ3n) is 6.07. The van der Waals surface area contributed by atoms with Gasteiger partial charge in [0, 0.05) is 42.5 Å². The predicted octanol–water partition coefficient (Wildman–Crippen LogP) is 4.83. The molecule has 0 aliphatic carbocycles. The summed E-state index contributed by atoms with van der Waals surface area (Å²) in [5, 5.41) is 4.95. The lowest BCUT2D eigenvalue weighted by Gasteiger charge is -2.24. The van der Waals surface area contributed by atoms with Gasteiger partial charge in [0.2, 0.25) is 5.91 Å². The van der Waals surface area contributed by atoms with Crippen LogP contribution in [-0.4, -0.2) is 43.8 Å². The molecular formula is C26H25ClN6O. The number of carbonyl (C=O) groups is 1. The van der Waals surface area contributed by atoms with Gasteiger partial charge in [-0.15, -0.1) is 0 Å². The van der Waals surface area contributed by atoms with Crippen molar-refractivity contribution in [1.82, 2.24) is 24.8 Å². The van der Waals surface area contributed by atoms with Crippen LogP contribution in [0, 0.1) is 0 Å². The molecule has 0 spiro atoms. The van der Waals surface area contributed by atoms with Gasteiger partial charge < -0.3 is 10.2 Å². The maximum Gasteiger partial charge on any atom is 0.224 e. The summed E-state index contributed by atoms with van der Waals surface area (Å²) in [5.41, 5.74) is 3.68. The Hall–Kier alpha value is -3.58. The van der Waals surface area contributed by atoms with Gasteiger partial charge in [0.25, 0.3) is 0 Å². The molecule has 0 saturated carbocycles. The maximum absolute atomic E-state index is 13.1. The molecule has 172 valence electrons. The van der Waals surface area contributed by atoms with Gasteiger partial charge in [0.1, 0.15) is 12.1 Å². The third-order valence-corrected chi connectivity index (χ3v) is 6.30. The van der Waals surface area contributed by atoms with E-state index < -0.39 is 0 Å². The van der Waals surface area contributed by atoms with E-state index in [1.54, 1.807) is 12.4 Å². The fourth-order valence-electron chi connectivity index (χ4n) is 4.47. The summed E-state index contributed by atoms with van der Waals surface area (Å²) in [6, 6.07) is 15.5. The number of carbonyl (C=O) groups excluding carboxylic acids is 1. The molecule has 3 heterocycles. The molecule has 1 amide bonds. The first-order chi connectivity index (χ1) is 16.7. The number of aromatic nitrogens is 4. The lowest BCUT2D eigenvalue weighted by molar-refractivity contribution is -0.131. The molecule has 4 aromatic rings. The molecule has 2 aromatic carbocycles. The fourth-order valence-corrected chi connectivity index (χ4v) is 4.69. The van der Waals surface area contributed by atoms with Crippen molar-refractivity contribution in [3.05, 3.63) is 89.2 Å². The molecule has 1 unspecified atom stereocenters. The molecular weight excluding hydrogens is 448 g/mol. The number of amides is 1. The molecule has 1 N–H and O–H groups in total. The Labute approximate surface area is 203 Å². The van der Waals surface area contributed by atoms with Gasteiger partial charge in [0.05, 0.1) is 29.1 Å². The van der Waals surface area contributed by atoms with Crippen molar-refractivity contribution >= 4 is 34.2 Å². The number of fused-ring (bicyclic) bond motifs is 1. The highest BCUT2D eigenvalue weighted by atomic mass is 35.5. The van der Waals surface area contributed by atoms with Crippen LogP contribution in [0.5, 0.6) is 0 Å². The molecule has 1 aliphatic rings. The van der Waals surface area contributed by atoms with E-state index in [0.717, 1.165) is 53.1 Å². The Morgan fingerprint density at radius 2 is 2.03 bits per heavy atom. The second-order valence-corrected chi connectivity index (χ2v) is 8.84. The van der Waals surface area contributed by atoms with E-state index in [0.29, 0.717) is 24.4 Å². The Bertz CT molecular complexity index is 1310. The second kappa shape index (κ2) is 10.1. The van der Waals surface area contributed by atoms with Gasteiger partial charge in [-0.2, -0.15) is 0 Å². The second-order valence-electron chi connectivity index (χ2n) is 8.40. The molecule has 8 heteroatoms. The van der Waals surface area contributed by atoms with Crippen LogP contribution in [-0.2, 0) is 11.2 Å². The highest BCUT2D eigenvalue weighted by Gasteiger charge is 2.31. The summed E-state index contributed by atoms with van der Waals surface area (Å²) in [6.45, 7) is 1.24. The average Bonchev–Trinajstić information content (AvgIpc) is 3.35. The molecule has 1 aliphatic heterocycles. The lowest BCUT2D eigenvalue weighted by Crippen LogP contribution is -2.32. The summed E-state index contributed by atoms with van der Waals surface area (Å²) in [4.78, 5) is 32.9. The zero-order valence-electron chi connectivity index (χ0n) is 18.7.